The molecular formula is C11H17F3O. The molecule has 1 atom stereocenters. The molecule has 15 heavy (non-hydrogen) atoms. The summed E-state index contributed by atoms with van der Waals surface area (Å²) >= 11 is 0. The van der Waals surface area contributed by atoms with Crippen LogP contribution in [0.25, 0.3) is 0 Å². The SMILES string of the molecule is O=C1CCCCCC1CCCC(F)(F)F. The lowest BCUT2D eigenvalue weighted by Crippen LogP contribution is -2.14. The van der Waals surface area contributed by atoms with Gasteiger partial charge in [0.1, 0.15) is 5.78 Å². The second-order valence-electron chi connectivity index (χ2n) is 4.27. The first-order valence-electron chi connectivity index (χ1n) is 5.58. The maximum atomic E-state index is 11.9. The molecule has 0 amide bonds. The molecule has 4 heteroatoms. The first kappa shape index (κ1) is 12.5. The largest absolute Gasteiger partial charge is 0.389 e. The van der Waals surface area contributed by atoms with Crippen LogP contribution in [-0.2, 0) is 4.79 Å². The highest BCUT2D eigenvalue weighted by Crippen LogP contribution is 2.28. The highest BCUT2D eigenvalue weighted by atomic mass is 19.4. The van der Waals surface area contributed by atoms with E-state index < -0.39 is 12.6 Å². The van der Waals surface area contributed by atoms with Crippen molar-refractivity contribution in [3.05, 3.63) is 0 Å². The van der Waals surface area contributed by atoms with E-state index in [0.29, 0.717) is 12.8 Å². The zero-order valence-electron chi connectivity index (χ0n) is 8.78. The number of rotatable bonds is 3. The molecule has 0 saturated heterocycles. The Balaban J connectivity index is 2.27. The third-order valence-electron chi connectivity index (χ3n) is 2.94. The fraction of sp³-hybridized carbons (Fsp3) is 0.909. The van der Waals surface area contributed by atoms with Crippen LogP contribution in [0.3, 0.4) is 0 Å². The normalized spacial score (nSPS) is 23.9. The van der Waals surface area contributed by atoms with Crippen LogP contribution >= 0.6 is 0 Å². The van der Waals surface area contributed by atoms with Gasteiger partial charge in [0, 0.05) is 18.8 Å². The van der Waals surface area contributed by atoms with Gasteiger partial charge in [0.05, 0.1) is 0 Å². The van der Waals surface area contributed by atoms with E-state index in [9.17, 15) is 18.0 Å². The van der Waals surface area contributed by atoms with E-state index in [1.807, 2.05) is 0 Å². The molecule has 0 aromatic carbocycles. The summed E-state index contributed by atoms with van der Waals surface area (Å²) in [6.07, 6.45) is -0.0191. The molecule has 1 saturated carbocycles. The molecule has 0 spiro atoms. The molecule has 0 radical (unpaired) electrons. The maximum absolute atomic E-state index is 11.9. The van der Waals surface area contributed by atoms with Crippen molar-refractivity contribution in [2.45, 2.75) is 57.5 Å². The number of hydrogen-bond donors (Lipinski definition) is 0. The predicted octanol–water partition coefficient (Wildman–Crippen LogP) is 3.87. The summed E-state index contributed by atoms with van der Waals surface area (Å²) in [5, 5.41) is 0. The Morgan fingerprint density at radius 1 is 1.20 bits per heavy atom. The van der Waals surface area contributed by atoms with Crippen molar-refractivity contribution in [1.29, 1.82) is 0 Å². The molecule has 88 valence electrons. The topological polar surface area (TPSA) is 17.1 Å². The smallest absolute Gasteiger partial charge is 0.299 e. The van der Waals surface area contributed by atoms with Crippen LogP contribution in [0.15, 0.2) is 0 Å². The fourth-order valence-electron chi connectivity index (χ4n) is 2.09. The minimum Gasteiger partial charge on any atom is -0.299 e. The Morgan fingerprint density at radius 3 is 2.60 bits per heavy atom. The van der Waals surface area contributed by atoms with Gasteiger partial charge >= 0.3 is 6.18 Å². The van der Waals surface area contributed by atoms with Crippen molar-refractivity contribution in [3.63, 3.8) is 0 Å². The van der Waals surface area contributed by atoms with Gasteiger partial charge in [0.25, 0.3) is 0 Å². The van der Waals surface area contributed by atoms with Crippen molar-refractivity contribution in [2.24, 2.45) is 5.92 Å². The van der Waals surface area contributed by atoms with Gasteiger partial charge in [-0.15, -0.1) is 0 Å². The molecule has 0 aromatic heterocycles. The zero-order valence-corrected chi connectivity index (χ0v) is 8.78. The molecule has 1 fully saturated rings. The maximum Gasteiger partial charge on any atom is 0.389 e. The summed E-state index contributed by atoms with van der Waals surface area (Å²) in [7, 11) is 0. The van der Waals surface area contributed by atoms with Crippen LogP contribution in [-0.4, -0.2) is 12.0 Å². The Kier molecular flexibility index (Phi) is 4.61. The molecule has 0 aliphatic heterocycles. The van der Waals surface area contributed by atoms with Crippen molar-refractivity contribution >= 4 is 5.78 Å². The molecule has 0 bridgehead atoms. The summed E-state index contributed by atoms with van der Waals surface area (Å²) < 4.78 is 35.7. The first-order chi connectivity index (χ1) is 6.99. The Bertz CT molecular complexity index is 210. The van der Waals surface area contributed by atoms with Gasteiger partial charge in [-0.05, 0) is 25.7 Å². The van der Waals surface area contributed by atoms with Gasteiger partial charge in [0.15, 0.2) is 0 Å². The van der Waals surface area contributed by atoms with Gasteiger partial charge in [0.2, 0.25) is 0 Å². The van der Waals surface area contributed by atoms with Crippen molar-refractivity contribution < 1.29 is 18.0 Å². The molecule has 1 aliphatic rings. The Morgan fingerprint density at radius 2 is 1.93 bits per heavy atom. The lowest BCUT2D eigenvalue weighted by Gasteiger charge is -2.13. The minimum atomic E-state index is -4.08. The van der Waals surface area contributed by atoms with Crippen LogP contribution in [0.1, 0.15) is 51.4 Å². The van der Waals surface area contributed by atoms with Gasteiger partial charge in [-0.1, -0.05) is 12.8 Å². The fourth-order valence-corrected chi connectivity index (χ4v) is 2.09. The van der Waals surface area contributed by atoms with E-state index in [1.54, 1.807) is 0 Å². The summed E-state index contributed by atoms with van der Waals surface area (Å²) in [4.78, 5) is 11.5. The molecule has 0 aromatic rings. The van der Waals surface area contributed by atoms with Crippen molar-refractivity contribution in [1.82, 2.24) is 0 Å². The lowest BCUT2D eigenvalue weighted by atomic mass is 9.93. The minimum absolute atomic E-state index is 0.0971. The second-order valence-corrected chi connectivity index (χ2v) is 4.27. The van der Waals surface area contributed by atoms with E-state index in [0.717, 1.165) is 25.7 Å². The highest BCUT2D eigenvalue weighted by Gasteiger charge is 2.28. The highest BCUT2D eigenvalue weighted by molar-refractivity contribution is 5.81. The van der Waals surface area contributed by atoms with E-state index in [-0.39, 0.29) is 18.1 Å². The average Bonchev–Trinajstić information content (AvgIpc) is 2.30. The second kappa shape index (κ2) is 5.52. The lowest BCUT2D eigenvalue weighted by molar-refractivity contribution is -0.137. The quantitative estimate of drug-likeness (QED) is 0.662. The Hall–Kier alpha value is -0.540. The Labute approximate surface area is 88.0 Å². The van der Waals surface area contributed by atoms with E-state index in [4.69, 9.17) is 0 Å². The number of hydrogen-bond acceptors (Lipinski definition) is 1. The van der Waals surface area contributed by atoms with Crippen LogP contribution < -0.4 is 0 Å². The van der Waals surface area contributed by atoms with Crippen molar-refractivity contribution in [3.8, 4) is 0 Å². The molecule has 0 N–H and O–H groups in total. The first-order valence-corrected chi connectivity index (χ1v) is 5.58. The molecule has 1 unspecified atom stereocenters. The zero-order chi connectivity index (χ0) is 11.3. The van der Waals surface area contributed by atoms with Gasteiger partial charge < -0.3 is 0 Å². The molecule has 0 heterocycles. The van der Waals surface area contributed by atoms with E-state index >= 15 is 0 Å². The third-order valence-corrected chi connectivity index (χ3v) is 2.94. The van der Waals surface area contributed by atoms with E-state index in [1.165, 1.54) is 0 Å². The number of ketones is 1. The number of alkyl halides is 3. The summed E-state index contributed by atoms with van der Waals surface area (Å²) in [5.41, 5.74) is 0. The standard InChI is InChI=1S/C11H17F3O/c12-11(13,14)8-4-6-9-5-2-1-3-7-10(9)15/h9H,1-8H2. The van der Waals surface area contributed by atoms with Gasteiger partial charge in [-0.25, -0.2) is 0 Å². The predicted molar refractivity (Wildman–Crippen MR) is 51.5 cm³/mol. The molecule has 1 rings (SSSR count). The summed E-state index contributed by atoms with van der Waals surface area (Å²) in [6.45, 7) is 0. The van der Waals surface area contributed by atoms with Gasteiger partial charge in [-0.2, -0.15) is 13.2 Å². The van der Waals surface area contributed by atoms with Crippen LogP contribution in [0.5, 0.6) is 0 Å². The molecular weight excluding hydrogens is 205 g/mol. The van der Waals surface area contributed by atoms with E-state index in [2.05, 4.69) is 0 Å². The van der Waals surface area contributed by atoms with Crippen LogP contribution in [0, 0.1) is 5.92 Å². The number of halogens is 3. The number of carbonyl (C=O) groups is 1. The number of Topliss-reactive ketones (excluding diaryl/α,β-unsaturated/α-hetero) is 1. The number of carbonyl (C=O) groups excluding carboxylic acids is 1. The summed E-state index contributed by atoms with van der Waals surface area (Å²) in [6, 6.07) is 0. The average molecular weight is 222 g/mol. The summed E-state index contributed by atoms with van der Waals surface area (Å²) in [5.74, 6) is 0.0736. The van der Waals surface area contributed by atoms with Gasteiger partial charge in [-0.3, -0.25) is 4.79 Å². The molecule has 1 aliphatic carbocycles. The molecule has 1 nitrogen and oxygen atoms in total. The van der Waals surface area contributed by atoms with Crippen LogP contribution in [0.4, 0.5) is 13.2 Å². The van der Waals surface area contributed by atoms with Crippen molar-refractivity contribution in [2.75, 3.05) is 0 Å². The van der Waals surface area contributed by atoms with Crippen LogP contribution in [0.2, 0.25) is 0 Å². The monoisotopic (exact) mass is 222 g/mol. The third kappa shape index (κ3) is 5.19.